The Balaban J connectivity index is 1.64. The molecule has 0 aromatic carbocycles. The van der Waals surface area contributed by atoms with Crippen molar-refractivity contribution < 1.29 is 4.42 Å². The van der Waals surface area contributed by atoms with E-state index in [1.807, 2.05) is 12.1 Å². The summed E-state index contributed by atoms with van der Waals surface area (Å²) in [6.07, 6.45) is 4.33. The monoisotopic (exact) mass is 262 g/mol. The molecule has 1 aliphatic rings. The van der Waals surface area contributed by atoms with Gasteiger partial charge >= 0.3 is 0 Å². The summed E-state index contributed by atoms with van der Waals surface area (Å²) < 4.78 is 5.37. The largest absolute Gasteiger partial charge is 0.462 e. The van der Waals surface area contributed by atoms with Crippen LogP contribution in [0.1, 0.15) is 25.5 Å². The molecule has 4 heteroatoms. The molecule has 1 aliphatic heterocycles. The van der Waals surface area contributed by atoms with Crippen molar-refractivity contribution in [3.63, 3.8) is 0 Å². The fraction of sp³-hybridized carbons (Fsp3) is 0.500. The maximum atomic E-state index is 5.37. The summed E-state index contributed by atoms with van der Waals surface area (Å²) in [7, 11) is 0. The molecule has 96 valence electrons. The van der Waals surface area contributed by atoms with Gasteiger partial charge < -0.3 is 4.42 Å². The molecule has 2 aromatic heterocycles. The molecule has 0 spiro atoms. The predicted octanol–water partition coefficient (Wildman–Crippen LogP) is 3.64. The van der Waals surface area contributed by atoms with Gasteiger partial charge in [-0.2, -0.15) is 0 Å². The molecule has 0 amide bonds. The van der Waals surface area contributed by atoms with Crippen molar-refractivity contribution in [2.24, 2.45) is 5.92 Å². The summed E-state index contributed by atoms with van der Waals surface area (Å²) in [5, 5.41) is 3.14. The van der Waals surface area contributed by atoms with Crippen LogP contribution in [0.5, 0.6) is 0 Å². The molecule has 3 nitrogen and oxygen atoms in total. The summed E-state index contributed by atoms with van der Waals surface area (Å²) in [6.45, 7) is 5.72. The van der Waals surface area contributed by atoms with Crippen molar-refractivity contribution in [2.45, 2.75) is 26.3 Å². The Morgan fingerprint density at radius 2 is 2.28 bits per heavy atom. The lowest BCUT2D eigenvalue weighted by atomic mass is 9.99. The predicted molar refractivity (Wildman–Crippen MR) is 73.5 cm³/mol. The van der Waals surface area contributed by atoms with Gasteiger partial charge in [-0.3, -0.25) is 4.90 Å². The highest BCUT2D eigenvalue weighted by Crippen LogP contribution is 2.25. The number of hydrogen-bond donors (Lipinski definition) is 0. The number of nitrogens with zero attached hydrogens (tertiary/aromatic N) is 2. The summed E-state index contributed by atoms with van der Waals surface area (Å²) in [4.78, 5) is 7.15. The normalized spacial score (nSPS) is 18.3. The van der Waals surface area contributed by atoms with E-state index >= 15 is 0 Å². The second-order valence-electron chi connectivity index (χ2n) is 5.08. The van der Waals surface area contributed by atoms with Crippen molar-refractivity contribution in [3.8, 4) is 10.8 Å². The van der Waals surface area contributed by atoms with E-state index in [4.69, 9.17) is 4.42 Å². The van der Waals surface area contributed by atoms with Gasteiger partial charge in [-0.25, -0.2) is 4.98 Å². The fourth-order valence-corrected chi connectivity index (χ4v) is 3.12. The van der Waals surface area contributed by atoms with Crippen LogP contribution < -0.4 is 0 Å². The van der Waals surface area contributed by atoms with E-state index in [0.29, 0.717) is 0 Å². The van der Waals surface area contributed by atoms with Gasteiger partial charge in [0.2, 0.25) is 0 Å². The second-order valence-corrected chi connectivity index (χ2v) is 5.94. The molecule has 0 aliphatic carbocycles. The van der Waals surface area contributed by atoms with Crippen molar-refractivity contribution in [3.05, 3.63) is 29.5 Å². The van der Waals surface area contributed by atoms with Crippen LogP contribution >= 0.6 is 11.3 Å². The molecule has 3 rings (SSSR count). The molecule has 0 bridgehead atoms. The number of hydrogen-bond acceptors (Lipinski definition) is 4. The molecular formula is C14H18N2OS. The van der Waals surface area contributed by atoms with E-state index < -0.39 is 0 Å². The number of piperidine rings is 1. The van der Waals surface area contributed by atoms with Crippen molar-refractivity contribution in [1.29, 1.82) is 0 Å². The molecule has 0 atom stereocenters. The Labute approximate surface area is 111 Å². The molecule has 0 unspecified atom stereocenters. The maximum Gasteiger partial charge on any atom is 0.162 e. The van der Waals surface area contributed by atoms with E-state index in [1.54, 1.807) is 17.6 Å². The quantitative estimate of drug-likeness (QED) is 0.845. The van der Waals surface area contributed by atoms with Crippen LogP contribution in [0.2, 0.25) is 0 Å². The molecule has 3 heterocycles. The van der Waals surface area contributed by atoms with Crippen LogP contribution in [0.3, 0.4) is 0 Å². The third kappa shape index (κ3) is 2.65. The van der Waals surface area contributed by atoms with Crippen molar-refractivity contribution in [1.82, 2.24) is 9.88 Å². The SMILES string of the molecule is CC1CCN(Cc2csc(-c3ccco3)n2)CC1. The first kappa shape index (κ1) is 11.9. The summed E-state index contributed by atoms with van der Waals surface area (Å²) in [5.41, 5.74) is 1.17. The summed E-state index contributed by atoms with van der Waals surface area (Å²) in [6, 6.07) is 3.87. The zero-order chi connectivity index (χ0) is 12.4. The Bertz CT molecular complexity index is 484. The van der Waals surface area contributed by atoms with Gasteiger partial charge in [-0.1, -0.05) is 6.92 Å². The number of aromatic nitrogens is 1. The molecule has 1 fully saturated rings. The van der Waals surface area contributed by atoms with Crippen LogP contribution in [0, 0.1) is 5.92 Å². The molecule has 18 heavy (non-hydrogen) atoms. The van der Waals surface area contributed by atoms with Gasteiger partial charge in [0.15, 0.2) is 10.8 Å². The minimum absolute atomic E-state index is 0.874. The molecule has 0 N–H and O–H groups in total. The Morgan fingerprint density at radius 3 is 3.00 bits per heavy atom. The highest BCUT2D eigenvalue weighted by molar-refractivity contribution is 7.13. The van der Waals surface area contributed by atoms with E-state index in [1.165, 1.54) is 31.6 Å². The molecular weight excluding hydrogens is 244 g/mol. The average Bonchev–Trinajstić information content (AvgIpc) is 3.02. The van der Waals surface area contributed by atoms with Crippen LogP contribution in [-0.2, 0) is 6.54 Å². The number of rotatable bonds is 3. The number of likely N-dealkylation sites (tertiary alicyclic amines) is 1. The Kier molecular flexibility index (Phi) is 3.48. The lowest BCUT2D eigenvalue weighted by Crippen LogP contribution is -2.32. The van der Waals surface area contributed by atoms with Crippen molar-refractivity contribution >= 4 is 11.3 Å². The smallest absolute Gasteiger partial charge is 0.162 e. The lowest BCUT2D eigenvalue weighted by molar-refractivity contribution is 0.184. The standard InChI is InChI=1S/C14H18N2OS/c1-11-4-6-16(7-5-11)9-12-10-18-14(15-12)13-3-2-8-17-13/h2-3,8,10-11H,4-7,9H2,1H3. The minimum atomic E-state index is 0.874. The van der Waals surface area contributed by atoms with Crippen LogP contribution in [0.4, 0.5) is 0 Å². The highest BCUT2D eigenvalue weighted by Gasteiger charge is 2.17. The van der Waals surface area contributed by atoms with Gasteiger partial charge in [0.05, 0.1) is 12.0 Å². The van der Waals surface area contributed by atoms with Crippen LogP contribution in [0.25, 0.3) is 10.8 Å². The minimum Gasteiger partial charge on any atom is -0.462 e. The van der Waals surface area contributed by atoms with Gasteiger partial charge in [0.25, 0.3) is 0 Å². The van der Waals surface area contributed by atoms with Gasteiger partial charge in [0, 0.05) is 11.9 Å². The van der Waals surface area contributed by atoms with Crippen LogP contribution in [0.15, 0.2) is 28.2 Å². The van der Waals surface area contributed by atoms with E-state index in [2.05, 4.69) is 22.2 Å². The molecule has 0 saturated carbocycles. The molecule has 0 radical (unpaired) electrons. The Hall–Kier alpha value is -1.13. The third-order valence-corrected chi connectivity index (χ3v) is 4.45. The summed E-state index contributed by atoms with van der Waals surface area (Å²) in [5.74, 6) is 1.76. The highest BCUT2D eigenvalue weighted by atomic mass is 32.1. The van der Waals surface area contributed by atoms with E-state index in [9.17, 15) is 0 Å². The number of furan rings is 1. The average molecular weight is 262 g/mol. The van der Waals surface area contributed by atoms with Gasteiger partial charge in [-0.15, -0.1) is 11.3 Å². The van der Waals surface area contributed by atoms with E-state index in [-0.39, 0.29) is 0 Å². The zero-order valence-electron chi connectivity index (χ0n) is 10.6. The number of thiazole rings is 1. The summed E-state index contributed by atoms with van der Waals surface area (Å²) >= 11 is 1.66. The topological polar surface area (TPSA) is 29.3 Å². The molecule has 1 saturated heterocycles. The lowest BCUT2D eigenvalue weighted by Gasteiger charge is -2.29. The second kappa shape index (κ2) is 5.24. The first-order valence-corrected chi connectivity index (χ1v) is 7.40. The van der Waals surface area contributed by atoms with Crippen LogP contribution in [-0.4, -0.2) is 23.0 Å². The maximum absolute atomic E-state index is 5.37. The first-order chi connectivity index (χ1) is 8.81. The zero-order valence-corrected chi connectivity index (χ0v) is 11.4. The fourth-order valence-electron chi connectivity index (χ4n) is 2.34. The van der Waals surface area contributed by atoms with Crippen molar-refractivity contribution in [2.75, 3.05) is 13.1 Å². The third-order valence-electron chi connectivity index (χ3n) is 3.55. The van der Waals surface area contributed by atoms with Gasteiger partial charge in [0.1, 0.15) is 0 Å². The van der Waals surface area contributed by atoms with Gasteiger partial charge in [-0.05, 0) is 44.0 Å². The van der Waals surface area contributed by atoms with E-state index in [0.717, 1.165) is 23.2 Å². The Morgan fingerprint density at radius 1 is 1.44 bits per heavy atom. The first-order valence-electron chi connectivity index (χ1n) is 6.52. The molecule has 2 aromatic rings.